The van der Waals surface area contributed by atoms with Crippen LogP contribution in [-0.4, -0.2) is 46.3 Å². The molecule has 7 heteroatoms. The van der Waals surface area contributed by atoms with E-state index in [-0.39, 0.29) is 0 Å². The Balaban J connectivity index is 0.000000359. The van der Waals surface area contributed by atoms with Gasteiger partial charge in [-0.15, -0.1) is 0 Å². The van der Waals surface area contributed by atoms with Gasteiger partial charge in [0.25, 0.3) is 0 Å². The first-order valence-corrected chi connectivity index (χ1v) is 8.43. The van der Waals surface area contributed by atoms with Gasteiger partial charge in [-0.3, -0.25) is 0 Å². The van der Waals surface area contributed by atoms with Crippen LogP contribution >= 0.6 is 11.8 Å². The van der Waals surface area contributed by atoms with Crippen LogP contribution in [0.5, 0.6) is 5.75 Å². The zero-order valence-electron chi connectivity index (χ0n) is 14.5. The van der Waals surface area contributed by atoms with Crippen LogP contribution < -0.4 is 0 Å². The van der Waals surface area contributed by atoms with Crippen molar-refractivity contribution in [3.8, 4) is 5.75 Å². The number of aromatic hydroxyl groups is 1. The minimum absolute atomic E-state index is 0.310. The van der Waals surface area contributed by atoms with Gasteiger partial charge >= 0.3 is 11.9 Å². The van der Waals surface area contributed by atoms with Crippen molar-refractivity contribution in [1.29, 1.82) is 0 Å². The molecule has 0 amide bonds. The highest BCUT2D eigenvalue weighted by Crippen LogP contribution is 2.32. The first-order chi connectivity index (χ1) is 12.3. The standard InChI is InChI=1S/C15H17NOS.C4H4O4/c1-16(2)11-12-6-3-4-9-15(12)18-14-8-5-7-13(17)10-14;5-3(6)1-2-4(7)8/h3-10,17H,11H2,1-2H3;1-2H,(H,5,6)(H,7,8)/b;2-1+. The molecule has 2 rings (SSSR count). The molecule has 0 radical (unpaired) electrons. The highest BCUT2D eigenvalue weighted by atomic mass is 32.2. The molecule has 0 aliphatic rings. The monoisotopic (exact) mass is 375 g/mol. The summed E-state index contributed by atoms with van der Waals surface area (Å²) in [5.41, 5.74) is 1.30. The van der Waals surface area contributed by atoms with E-state index in [1.807, 2.05) is 18.2 Å². The van der Waals surface area contributed by atoms with Crippen LogP contribution in [0, 0.1) is 0 Å². The summed E-state index contributed by atoms with van der Waals surface area (Å²) in [4.78, 5) is 23.6. The first-order valence-electron chi connectivity index (χ1n) is 7.61. The molecule has 2 aromatic rings. The second kappa shape index (κ2) is 11.0. The number of benzene rings is 2. The molecule has 3 N–H and O–H groups in total. The van der Waals surface area contributed by atoms with Gasteiger partial charge in [0.15, 0.2) is 0 Å². The topological polar surface area (TPSA) is 98.1 Å². The Morgan fingerprint density at radius 1 is 1.00 bits per heavy atom. The molecule has 0 fully saturated rings. The summed E-state index contributed by atoms with van der Waals surface area (Å²) in [6.45, 7) is 0.919. The minimum Gasteiger partial charge on any atom is -0.508 e. The fraction of sp³-hybridized carbons (Fsp3) is 0.158. The number of aliphatic carboxylic acids is 2. The van der Waals surface area contributed by atoms with Gasteiger partial charge in [-0.25, -0.2) is 9.59 Å². The van der Waals surface area contributed by atoms with Crippen molar-refractivity contribution in [2.75, 3.05) is 14.1 Å². The van der Waals surface area contributed by atoms with E-state index in [1.165, 1.54) is 10.5 Å². The maximum atomic E-state index is 9.55. The van der Waals surface area contributed by atoms with Gasteiger partial charge in [-0.2, -0.15) is 0 Å². The van der Waals surface area contributed by atoms with Crippen LogP contribution in [0.1, 0.15) is 5.56 Å². The van der Waals surface area contributed by atoms with E-state index in [0.717, 1.165) is 11.4 Å². The van der Waals surface area contributed by atoms with Crippen molar-refractivity contribution < 1.29 is 24.9 Å². The molecule has 0 heterocycles. The average Bonchev–Trinajstić information content (AvgIpc) is 2.55. The largest absolute Gasteiger partial charge is 0.508 e. The van der Waals surface area contributed by atoms with Crippen molar-refractivity contribution in [3.05, 3.63) is 66.2 Å². The number of phenolic OH excluding ortho intramolecular Hbond substituents is 1. The van der Waals surface area contributed by atoms with E-state index in [4.69, 9.17) is 10.2 Å². The van der Waals surface area contributed by atoms with Crippen molar-refractivity contribution in [1.82, 2.24) is 4.90 Å². The number of rotatable bonds is 6. The molecule has 6 nitrogen and oxygen atoms in total. The third-order valence-electron chi connectivity index (χ3n) is 2.87. The fourth-order valence-corrected chi connectivity index (χ4v) is 2.88. The van der Waals surface area contributed by atoms with Gasteiger partial charge in [0, 0.05) is 28.5 Å². The van der Waals surface area contributed by atoms with Crippen molar-refractivity contribution in [2.45, 2.75) is 16.3 Å². The van der Waals surface area contributed by atoms with Crippen molar-refractivity contribution in [2.24, 2.45) is 0 Å². The van der Waals surface area contributed by atoms with E-state index in [0.29, 0.717) is 17.9 Å². The molecular weight excluding hydrogens is 354 g/mol. The Morgan fingerprint density at radius 2 is 1.62 bits per heavy atom. The molecule has 0 atom stereocenters. The lowest BCUT2D eigenvalue weighted by atomic mass is 10.2. The summed E-state index contributed by atoms with van der Waals surface area (Å²) in [5.74, 6) is -2.20. The quantitative estimate of drug-likeness (QED) is 0.666. The molecule has 0 spiro atoms. The number of hydrogen-bond donors (Lipinski definition) is 3. The van der Waals surface area contributed by atoms with E-state index in [1.54, 1.807) is 23.9 Å². The molecule has 0 unspecified atom stereocenters. The smallest absolute Gasteiger partial charge is 0.328 e. The molecule has 0 saturated heterocycles. The molecule has 0 aromatic heterocycles. The van der Waals surface area contributed by atoms with Crippen LogP contribution in [0.2, 0.25) is 0 Å². The maximum absolute atomic E-state index is 9.55. The maximum Gasteiger partial charge on any atom is 0.328 e. The Bertz CT molecular complexity index is 758. The third-order valence-corrected chi connectivity index (χ3v) is 3.98. The normalized spacial score (nSPS) is 10.4. The summed E-state index contributed by atoms with van der Waals surface area (Å²) >= 11 is 1.68. The molecule has 0 bridgehead atoms. The zero-order chi connectivity index (χ0) is 19.5. The lowest BCUT2D eigenvalue weighted by Crippen LogP contribution is -2.11. The predicted molar refractivity (Wildman–Crippen MR) is 100 cm³/mol. The number of nitrogens with zero attached hydrogens (tertiary/aromatic N) is 1. The highest BCUT2D eigenvalue weighted by Gasteiger charge is 2.05. The Hall–Kier alpha value is -2.77. The van der Waals surface area contributed by atoms with Gasteiger partial charge in [-0.1, -0.05) is 36.0 Å². The Morgan fingerprint density at radius 3 is 2.15 bits per heavy atom. The van der Waals surface area contributed by atoms with Crippen LogP contribution in [-0.2, 0) is 16.1 Å². The number of carboxylic acid groups (broad SMARTS) is 2. The molecular formula is C19H21NO5S. The molecule has 0 aliphatic carbocycles. The summed E-state index contributed by atoms with van der Waals surface area (Å²) in [7, 11) is 4.13. The minimum atomic E-state index is -1.26. The summed E-state index contributed by atoms with van der Waals surface area (Å²) < 4.78 is 0. The van der Waals surface area contributed by atoms with Gasteiger partial charge in [0.1, 0.15) is 5.75 Å². The first kappa shape index (κ1) is 21.3. The van der Waals surface area contributed by atoms with E-state index in [9.17, 15) is 14.7 Å². The second-order valence-corrected chi connectivity index (χ2v) is 6.57. The Labute approximate surface area is 156 Å². The number of hydrogen-bond acceptors (Lipinski definition) is 5. The fourth-order valence-electron chi connectivity index (χ4n) is 1.89. The van der Waals surface area contributed by atoms with Crippen LogP contribution in [0.15, 0.2) is 70.5 Å². The zero-order valence-corrected chi connectivity index (χ0v) is 15.3. The molecule has 0 saturated carbocycles. The van der Waals surface area contributed by atoms with Crippen molar-refractivity contribution in [3.63, 3.8) is 0 Å². The average molecular weight is 375 g/mol. The lowest BCUT2D eigenvalue weighted by Gasteiger charge is -2.13. The number of carbonyl (C=O) groups is 2. The van der Waals surface area contributed by atoms with Gasteiger partial charge < -0.3 is 20.2 Å². The second-order valence-electron chi connectivity index (χ2n) is 5.45. The van der Waals surface area contributed by atoms with Gasteiger partial charge in [-0.05, 0) is 43.9 Å². The molecule has 0 aliphatic heterocycles. The van der Waals surface area contributed by atoms with E-state index in [2.05, 4.69) is 37.2 Å². The lowest BCUT2D eigenvalue weighted by molar-refractivity contribution is -0.134. The summed E-state index contributed by atoms with van der Waals surface area (Å²) in [6, 6.07) is 15.7. The Kier molecular flexibility index (Phi) is 8.97. The van der Waals surface area contributed by atoms with Crippen LogP contribution in [0.3, 0.4) is 0 Å². The number of carboxylic acids is 2. The highest BCUT2D eigenvalue weighted by molar-refractivity contribution is 7.99. The van der Waals surface area contributed by atoms with E-state index < -0.39 is 11.9 Å². The molecule has 26 heavy (non-hydrogen) atoms. The van der Waals surface area contributed by atoms with E-state index >= 15 is 0 Å². The molecule has 2 aromatic carbocycles. The summed E-state index contributed by atoms with van der Waals surface area (Å²) in [5, 5.41) is 25.1. The van der Waals surface area contributed by atoms with Crippen LogP contribution in [0.25, 0.3) is 0 Å². The van der Waals surface area contributed by atoms with Gasteiger partial charge in [0.05, 0.1) is 0 Å². The van der Waals surface area contributed by atoms with Crippen molar-refractivity contribution >= 4 is 23.7 Å². The SMILES string of the molecule is CN(C)Cc1ccccc1Sc1cccc(O)c1.O=C(O)/C=C/C(=O)O. The molecule has 138 valence electrons. The predicted octanol–water partition coefficient (Wildman–Crippen LogP) is 3.32. The van der Waals surface area contributed by atoms with Gasteiger partial charge in [0.2, 0.25) is 0 Å². The van der Waals surface area contributed by atoms with Crippen LogP contribution in [0.4, 0.5) is 0 Å². The number of phenols is 1. The summed E-state index contributed by atoms with van der Waals surface area (Å²) in [6.07, 6.45) is 1.12. The third kappa shape index (κ3) is 8.91.